The first-order valence-corrected chi connectivity index (χ1v) is 9.17. The molecule has 0 spiro atoms. The molecule has 2 saturated carbocycles. The van der Waals surface area contributed by atoms with Gasteiger partial charge >= 0.3 is 0 Å². The molecule has 2 aliphatic carbocycles. The Balaban J connectivity index is 2.04. The topological polar surface area (TPSA) is 34.1 Å². The van der Waals surface area contributed by atoms with E-state index >= 15 is 0 Å². The Kier molecular flexibility index (Phi) is 6.44. The van der Waals surface area contributed by atoms with E-state index in [0.717, 1.165) is 32.1 Å². The van der Waals surface area contributed by atoms with E-state index < -0.39 is 0 Å². The van der Waals surface area contributed by atoms with Crippen LogP contribution in [0.1, 0.15) is 84.5 Å². The first-order chi connectivity index (χ1) is 10.1. The second kappa shape index (κ2) is 8.10. The van der Waals surface area contributed by atoms with E-state index in [1.54, 1.807) is 0 Å². The Hall–Kier alpha value is -0.660. The first-order valence-electron chi connectivity index (χ1n) is 9.17. The van der Waals surface area contributed by atoms with Crippen LogP contribution in [0.4, 0.5) is 0 Å². The molecular formula is C19H32O2. The summed E-state index contributed by atoms with van der Waals surface area (Å²) in [5, 5.41) is 0. The van der Waals surface area contributed by atoms with Crippen LogP contribution in [0.5, 0.6) is 0 Å². The van der Waals surface area contributed by atoms with E-state index in [4.69, 9.17) is 0 Å². The van der Waals surface area contributed by atoms with Gasteiger partial charge in [0.15, 0.2) is 0 Å². The molecule has 0 aliphatic heterocycles. The van der Waals surface area contributed by atoms with Gasteiger partial charge in [0.1, 0.15) is 11.6 Å². The fraction of sp³-hybridized carbons (Fsp3) is 0.895. The summed E-state index contributed by atoms with van der Waals surface area (Å²) in [6, 6.07) is 0. The molecular weight excluding hydrogens is 260 g/mol. The zero-order valence-electron chi connectivity index (χ0n) is 13.9. The zero-order chi connectivity index (χ0) is 15.2. The lowest BCUT2D eigenvalue weighted by Crippen LogP contribution is -2.36. The third kappa shape index (κ3) is 4.66. The van der Waals surface area contributed by atoms with Crippen molar-refractivity contribution in [2.75, 3.05) is 0 Å². The van der Waals surface area contributed by atoms with Gasteiger partial charge in [0.2, 0.25) is 0 Å². The van der Waals surface area contributed by atoms with E-state index in [1.165, 1.54) is 38.5 Å². The van der Waals surface area contributed by atoms with Gasteiger partial charge in [-0.25, -0.2) is 0 Å². The molecule has 0 atom stereocenters. The maximum absolute atomic E-state index is 12.9. The van der Waals surface area contributed by atoms with Crippen LogP contribution in [0.25, 0.3) is 0 Å². The molecule has 2 fully saturated rings. The molecule has 0 aromatic carbocycles. The quantitative estimate of drug-likeness (QED) is 0.649. The Bertz CT molecular complexity index is 317. The van der Waals surface area contributed by atoms with Crippen LogP contribution in [-0.2, 0) is 9.59 Å². The zero-order valence-corrected chi connectivity index (χ0v) is 13.9. The largest absolute Gasteiger partial charge is 0.299 e. The maximum atomic E-state index is 12.9. The first kappa shape index (κ1) is 16.7. The van der Waals surface area contributed by atoms with E-state index in [0.29, 0.717) is 17.5 Å². The van der Waals surface area contributed by atoms with E-state index in [9.17, 15) is 9.59 Å². The van der Waals surface area contributed by atoms with Crippen LogP contribution in [0.3, 0.4) is 0 Å². The lowest BCUT2D eigenvalue weighted by Gasteiger charge is -2.29. The van der Waals surface area contributed by atoms with Crippen LogP contribution in [0.15, 0.2) is 0 Å². The monoisotopic (exact) mass is 292 g/mol. The molecule has 0 N–H and O–H groups in total. The molecule has 0 bridgehead atoms. The minimum atomic E-state index is -0.295. The lowest BCUT2D eigenvalue weighted by atomic mass is 9.73. The van der Waals surface area contributed by atoms with Gasteiger partial charge in [0, 0.05) is 11.8 Å². The Labute approximate surface area is 130 Å². The highest BCUT2D eigenvalue weighted by Crippen LogP contribution is 2.33. The van der Waals surface area contributed by atoms with Crippen molar-refractivity contribution in [3.05, 3.63) is 0 Å². The molecule has 0 aromatic rings. The predicted octanol–water partition coefficient (Wildman–Crippen LogP) is 4.95. The number of Topliss-reactive ketones (excluding diaryl/α,β-unsaturated/α-hetero) is 2. The number of ketones is 2. The average Bonchev–Trinajstić information content (AvgIpc) is 2.53. The molecule has 0 amide bonds. The molecule has 2 rings (SSSR count). The van der Waals surface area contributed by atoms with E-state index in [-0.39, 0.29) is 17.8 Å². The van der Waals surface area contributed by atoms with Crippen LogP contribution < -0.4 is 0 Å². The van der Waals surface area contributed by atoms with Gasteiger partial charge in [-0.2, -0.15) is 0 Å². The minimum absolute atomic E-state index is 0.176. The van der Waals surface area contributed by atoms with Crippen molar-refractivity contribution < 1.29 is 9.59 Å². The van der Waals surface area contributed by atoms with Gasteiger partial charge in [-0.05, 0) is 38.0 Å². The lowest BCUT2D eigenvalue weighted by molar-refractivity contribution is -0.139. The molecule has 0 unspecified atom stereocenters. The van der Waals surface area contributed by atoms with Crippen molar-refractivity contribution in [2.24, 2.45) is 23.7 Å². The predicted molar refractivity (Wildman–Crippen MR) is 86.1 cm³/mol. The Morgan fingerprint density at radius 2 is 1.14 bits per heavy atom. The highest BCUT2D eigenvalue weighted by Gasteiger charge is 2.36. The fourth-order valence-corrected chi connectivity index (χ4v) is 4.19. The SMILES string of the molecule is CC(C)CC(C(=O)C1CCCCC1)C(=O)C1CCCCC1. The van der Waals surface area contributed by atoms with E-state index in [1.807, 2.05) is 0 Å². The molecule has 0 saturated heterocycles. The standard InChI is InChI=1S/C19H32O2/c1-14(2)13-17(18(20)15-9-5-3-6-10-15)19(21)16-11-7-4-8-12-16/h14-17H,3-13H2,1-2H3. The smallest absolute Gasteiger partial charge is 0.146 e. The summed E-state index contributed by atoms with van der Waals surface area (Å²) in [5.74, 6) is 1.06. The normalized spacial score (nSPS) is 21.9. The van der Waals surface area contributed by atoms with Crippen molar-refractivity contribution in [1.29, 1.82) is 0 Å². The number of rotatable bonds is 6. The Morgan fingerprint density at radius 3 is 1.48 bits per heavy atom. The number of carbonyl (C=O) groups is 2. The average molecular weight is 292 g/mol. The Morgan fingerprint density at radius 1 is 0.762 bits per heavy atom. The fourth-order valence-electron chi connectivity index (χ4n) is 4.19. The summed E-state index contributed by atoms with van der Waals surface area (Å²) < 4.78 is 0. The molecule has 120 valence electrons. The number of hydrogen-bond acceptors (Lipinski definition) is 2. The molecule has 21 heavy (non-hydrogen) atoms. The van der Waals surface area contributed by atoms with Gasteiger partial charge in [-0.1, -0.05) is 52.4 Å². The van der Waals surface area contributed by atoms with Gasteiger partial charge in [-0.15, -0.1) is 0 Å². The van der Waals surface area contributed by atoms with Crippen molar-refractivity contribution in [3.8, 4) is 0 Å². The summed E-state index contributed by atoms with van der Waals surface area (Å²) in [5.41, 5.74) is 0. The number of hydrogen-bond donors (Lipinski definition) is 0. The van der Waals surface area contributed by atoms with Gasteiger partial charge in [0.05, 0.1) is 5.92 Å². The molecule has 0 heterocycles. The molecule has 0 aromatic heterocycles. The second-order valence-electron chi connectivity index (χ2n) is 7.66. The highest BCUT2D eigenvalue weighted by atomic mass is 16.2. The van der Waals surface area contributed by atoms with Crippen molar-refractivity contribution in [2.45, 2.75) is 84.5 Å². The molecule has 2 nitrogen and oxygen atoms in total. The highest BCUT2D eigenvalue weighted by molar-refractivity contribution is 6.04. The van der Waals surface area contributed by atoms with Gasteiger partial charge in [0.25, 0.3) is 0 Å². The van der Waals surface area contributed by atoms with Crippen molar-refractivity contribution in [1.82, 2.24) is 0 Å². The summed E-state index contributed by atoms with van der Waals surface area (Å²) in [7, 11) is 0. The summed E-state index contributed by atoms with van der Waals surface area (Å²) in [6.45, 7) is 4.27. The van der Waals surface area contributed by atoms with Gasteiger partial charge < -0.3 is 0 Å². The molecule has 0 radical (unpaired) electrons. The third-order valence-corrected chi connectivity index (χ3v) is 5.41. The van der Waals surface area contributed by atoms with Gasteiger partial charge in [-0.3, -0.25) is 9.59 Å². The van der Waals surface area contributed by atoms with Crippen LogP contribution in [0.2, 0.25) is 0 Å². The van der Waals surface area contributed by atoms with E-state index in [2.05, 4.69) is 13.8 Å². The van der Waals surface area contributed by atoms with Crippen LogP contribution >= 0.6 is 0 Å². The van der Waals surface area contributed by atoms with Crippen molar-refractivity contribution >= 4 is 11.6 Å². The van der Waals surface area contributed by atoms with Crippen molar-refractivity contribution in [3.63, 3.8) is 0 Å². The number of carbonyl (C=O) groups excluding carboxylic acids is 2. The molecule has 2 aliphatic rings. The molecule has 2 heteroatoms. The third-order valence-electron chi connectivity index (χ3n) is 5.41. The minimum Gasteiger partial charge on any atom is -0.299 e. The van der Waals surface area contributed by atoms with Crippen LogP contribution in [0, 0.1) is 23.7 Å². The summed E-state index contributed by atoms with van der Waals surface area (Å²) in [4.78, 5) is 25.8. The summed E-state index contributed by atoms with van der Waals surface area (Å²) in [6.07, 6.45) is 12.0. The summed E-state index contributed by atoms with van der Waals surface area (Å²) >= 11 is 0. The second-order valence-corrected chi connectivity index (χ2v) is 7.66. The maximum Gasteiger partial charge on any atom is 0.146 e. The van der Waals surface area contributed by atoms with Crippen LogP contribution in [-0.4, -0.2) is 11.6 Å².